The Balaban J connectivity index is 2.16. The maximum absolute atomic E-state index is 13.1. The lowest BCUT2D eigenvalue weighted by Gasteiger charge is -2.03. The number of hydrogen-bond acceptors (Lipinski definition) is 1. The lowest BCUT2D eigenvalue weighted by atomic mass is 10.0. The number of carbonyl (C=O) groups excluding carboxylic acids is 1. The number of hydrogen-bond donors (Lipinski definition) is 0. The van der Waals surface area contributed by atoms with Crippen molar-refractivity contribution in [1.29, 1.82) is 0 Å². The molecule has 0 saturated carbocycles. The average Bonchev–Trinajstić information content (AvgIpc) is 2.34. The molecule has 18 heavy (non-hydrogen) atoms. The van der Waals surface area contributed by atoms with Gasteiger partial charge in [-0.05, 0) is 40.5 Å². The minimum Gasteiger partial charge on any atom is -0.294 e. The SMILES string of the molecule is Cc1ccc(C(=O)Cc2ccc(F)c(Br)c2)cc1. The number of carbonyl (C=O) groups is 1. The van der Waals surface area contributed by atoms with Gasteiger partial charge in [-0.2, -0.15) is 0 Å². The quantitative estimate of drug-likeness (QED) is 0.772. The molecular weight excluding hydrogens is 295 g/mol. The van der Waals surface area contributed by atoms with Gasteiger partial charge in [0, 0.05) is 12.0 Å². The van der Waals surface area contributed by atoms with Crippen molar-refractivity contribution in [2.75, 3.05) is 0 Å². The van der Waals surface area contributed by atoms with Crippen LogP contribution in [0.3, 0.4) is 0 Å². The Morgan fingerprint density at radius 2 is 1.83 bits per heavy atom. The molecule has 0 fully saturated rings. The molecule has 0 heterocycles. The van der Waals surface area contributed by atoms with Crippen LogP contribution in [0.1, 0.15) is 21.5 Å². The fourth-order valence-corrected chi connectivity index (χ4v) is 2.10. The minimum atomic E-state index is -0.318. The molecule has 0 bridgehead atoms. The predicted molar refractivity (Wildman–Crippen MR) is 73.3 cm³/mol. The molecule has 2 aromatic rings. The summed E-state index contributed by atoms with van der Waals surface area (Å²) >= 11 is 3.12. The molecule has 2 aromatic carbocycles. The third-order valence-corrected chi connectivity index (χ3v) is 3.33. The smallest absolute Gasteiger partial charge is 0.167 e. The van der Waals surface area contributed by atoms with Crippen molar-refractivity contribution in [1.82, 2.24) is 0 Å². The number of halogens is 2. The first kappa shape index (κ1) is 13.0. The number of Topliss-reactive ketones (excluding diaryl/α,β-unsaturated/α-hetero) is 1. The molecule has 0 aliphatic heterocycles. The van der Waals surface area contributed by atoms with E-state index in [-0.39, 0.29) is 18.0 Å². The molecule has 0 atom stereocenters. The number of rotatable bonds is 3. The van der Waals surface area contributed by atoms with Gasteiger partial charge in [-0.25, -0.2) is 4.39 Å². The van der Waals surface area contributed by atoms with Crippen LogP contribution in [0.25, 0.3) is 0 Å². The first-order valence-electron chi connectivity index (χ1n) is 5.60. The van der Waals surface area contributed by atoms with Gasteiger partial charge in [-0.3, -0.25) is 4.79 Å². The van der Waals surface area contributed by atoms with Gasteiger partial charge in [-0.15, -0.1) is 0 Å². The summed E-state index contributed by atoms with van der Waals surface area (Å²) in [6.07, 6.45) is 0.280. The van der Waals surface area contributed by atoms with E-state index in [1.165, 1.54) is 6.07 Å². The lowest BCUT2D eigenvalue weighted by Crippen LogP contribution is -2.03. The second kappa shape index (κ2) is 5.44. The highest BCUT2D eigenvalue weighted by Gasteiger charge is 2.08. The van der Waals surface area contributed by atoms with E-state index < -0.39 is 0 Å². The molecule has 0 amide bonds. The van der Waals surface area contributed by atoms with Crippen LogP contribution in [-0.4, -0.2) is 5.78 Å². The van der Waals surface area contributed by atoms with Crippen LogP contribution < -0.4 is 0 Å². The highest BCUT2D eigenvalue weighted by atomic mass is 79.9. The van der Waals surface area contributed by atoms with Crippen molar-refractivity contribution in [3.8, 4) is 0 Å². The fraction of sp³-hybridized carbons (Fsp3) is 0.133. The first-order chi connectivity index (χ1) is 8.56. The summed E-state index contributed by atoms with van der Waals surface area (Å²) in [5.41, 5.74) is 2.60. The van der Waals surface area contributed by atoms with Crippen LogP contribution in [0.2, 0.25) is 0 Å². The van der Waals surface area contributed by atoms with Crippen LogP contribution in [0.5, 0.6) is 0 Å². The topological polar surface area (TPSA) is 17.1 Å². The average molecular weight is 307 g/mol. The molecule has 0 spiro atoms. The van der Waals surface area contributed by atoms with Gasteiger partial charge in [0.2, 0.25) is 0 Å². The minimum absolute atomic E-state index is 0.0357. The van der Waals surface area contributed by atoms with Gasteiger partial charge in [0.25, 0.3) is 0 Å². The third-order valence-electron chi connectivity index (χ3n) is 2.72. The van der Waals surface area contributed by atoms with Crippen LogP contribution in [-0.2, 0) is 6.42 Å². The Hall–Kier alpha value is -1.48. The summed E-state index contributed by atoms with van der Waals surface area (Å²) in [7, 11) is 0. The van der Waals surface area contributed by atoms with Crippen molar-refractivity contribution in [2.45, 2.75) is 13.3 Å². The van der Waals surface area contributed by atoms with Crippen LogP contribution in [0.4, 0.5) is 4.39 Å². The molecule has 0 unspecified atom stereocenters. The van der Waals surface area contributed by atoms with Gasteiger partial charge in [-0.1, -0.05) is 35.9 Å². The van der Waals surface area contributed by atoms with Crippen molar-refractivity contribution in [3.63, 3.8) is 0 Å². The van der Waals surface area contributed by atoms with Gasteiger partial charge >= 0.3 is 0 Å². The van der Waals surface area contributed by atoms with E-state index in [4.69, 9.17) is 0 Å². The molecule has 0 aliphatic rings. The summed E-state index contributed by atoms with van der Waals surface area (Å²) < 4.78 is 13.5. The van der Waals surface area contributed by atoms with Gasteiger partial charge in [0.1, 0.15) is 5.82 Å². The monoisotopic (exact) mass is 306 g/mol. The third kappa shape index (κ3) is 3.05. The van der Waals surface area contributed by atoms with Crippen LogP contribution in [0.15, 0.2) is 46.9 Å². The molecular formula is C15H12BrFO. The maximum atomic E-state index is 13.1. The summed E-state index contributed by atoms with van der Waals surface area (Å²) in [6, 6.07) is 12.1. The largest absolute Gasteiger partial charge is 0.294 e. The van der Waals surface area contributed by atoms with Gasteiger partial charge in [0.05, 0.1) is 4.47 Å². The summed E-state index contributed by atoms with van der Waals surface area (Å²) in [4.78, 5) is 12.0. The van der Waals surface area contributed by atoms with Crippen LogP contribution in [0, 0.1) is 12.7 Å². The number of aryl methyl sites for hydroxylation is 1. The Labute approximate surface area is 114 Å². The zero-order chi connectivity index (χ0) is 13.1. The zero-order valence-corrected chi connectivity index (χ0v) is 11.5. The van der Waals surface area contributed by atoms with Crippen molar-refractivity contribution < 1.29 is 9.18 Å². The predicted octanol–water partition coefficient (Wildman–Crippen LogP) is 4.32. The number of ketones is 1. The normalized spacial score (nSPS) is 10.4. The van der Waals surface area contributed by atoms with E-state index in [0.717, 1.165) is 11.1 Å². The zero-order valence-electron chi connectivity index (χ0n) is 9.91. The molecule has 0 aromatic heterocycles. The molecule has 3 heteroatoms. The van der Waals surface area contributed by atoms with E-state index >= 15 is 0 Å². The van der Waals surface area contributed by atoms with E-state index in [9.17, 15) is 9.18 Å². The van der Waals surface area contributed by atoms with E-state index in [1.54, 1.807) is 12.1 Å². The van der Waals surface area contributed by atoms with E-state index in [1.807, 2.05) is 31.2 Å². The van der Waals surface area contributed by atoms with E-state index in [2.05, 4.69) is 15.9 Å². The second-order valence-electron chi connectivity index (χ2n) is 4.21. The Kier molecular flexibility index (Phi) is 3.92. The number of benzene rings is 2. The second-order valence-corrected chi connectivity index (χ2v) is 5.07. The molecule has 0 aliphatic carbocycles. The van der Waals surface area contributed by atoms with E-state index in [0.29, 0.717) is 10.0 Å². The van der Waals surface area contributed by atoms with Crippen LogP contribution >= 0.6 is 15.9 Å². The fourth-order valence-electron chi connectivity index (χ4n) is 1.68. The Bertz CT molecular complexity index is 576. The standard InChI is InChI=1S/C15H12BrFO/c1-10-2-5-12(6-3-10)15(18)9-11-4-7-14(17)13(16)8-11/h2-8H,9H2,1H3. The molecule has 0 N–H and O–H groups in total. The Morgan fingerprint density at radius 1 is 1.17 bits per heavy atom. The summed E-state index contributed by atoms with van der Waals surface area (Å²) in [6.45, 7) is 1.98. The van der Waals surface area contributed by atoms with Gasteiger partial charge < -0.3 is 0 Å². The van der Waals surface area contributed by atoms with Crippen molar-refractivity contribution in [3.05, 3.63) is 69.4 Å². The molecule has 1 nitrogen and oxygen atoms in total. The summed E-state index contributed by atoms with van der Waals surface area (Å²) in [5, 5.41) is 0. The molecule has 92 valence electrons. The van der Waals surface area contributed by atoms with Crippen molar-refractivity contribution in [2.24, 2.45) is 0 Å². The molecule has 0 saturated heterocycles. The highest BCUT2D eigenvalue weighted by Crippen LogP contribution is 2.18. The summed E-state index contributed by atoms with van der Waals surface area (Å²) in [5.74, 6) is -0.282. The first-order valence-corrected chi connectivity index (χ1v) is 6.39. The molecule has 0 radical (unpaired) electrons. The lowest BCUT2D eigenvalue weighted by molar-refractivity contribution is 0.0993. The molecule has 2 rings (SSSR count). The highest BCUT2D eigenvalue weighted by molar-refractivity contribution is 9.10. The van der Waals surface area contributed by atoms with Gasteiger partial charge in [0.15, 0.2) is 5.78 Å². The van der Waals surface area contributed by atoms with Crippen molar-refractivity contribution >= 4 is 21.7 Å². The Morgan fingerprint density at radius 3 is 2.44 bits per heavy atom. The maximum Gasteiger partial charge on any atom is 0.167 e.